The average molecular weight is 517 g/mol. The second-order valence-electron chi connectivity index (χ2n) is 12.5. The number of anilines is 2. The van der Waals surface area contributed by atoms with E-state index in [1.54, 1.807) is 18.3 Å². The molecule has 5 aliphatic carbocycles. The number of aliphatic hydroxyl groups excluding tert-OH is 1. The lowest BCUT2D eigenvalue weighted by Gasteiger charge is -2.60. The smallest absolute Gasteiger partial charge is 0.224 e. The van der Waals surface area contributed by atoms with E-state index < -0.39 is 0 Å². The summed E-state index contributed by atoms with van der Waals surface area (Å²) in [6, 6.07) is 10.1. The summed E-state index contributed by atoms with van der Waals surface area (Å²) in [6.45, 7) is 2.35. The number of aromatic hydroxyl groups is 1. The number of nitrogens with zero attached hydrogens (tertiary/aromatic N) is 3. The highest BCUT2D eigenvalue weighted by Crippen LogP contribution is 2.60. The van der Waals surface area contributed by atoms with Crippen LogP contribution >= 0.6 is 0 Å². The van der Waals surface area contributed by atoms with Crippen LogP contribution in [0.2, 0.25) is 0 Å². The summed E-state index contributed by atoms with van der Waals surface area (Å²) in [5.74, 6) is 4.25. The van der Waals surface area contributed by atoms with Crippen LogP contribution in [0.15, 0.2) is 30.5 Å². The molecule has 8 nitrogen and oxygen atoms in total. The van der Waals surface area contributed by atoms with E-state index in [1.807, 2.05) is 12.1 Å². The SMILES string of the molecule is N#Cc1cnc(NCc2ccccc2O)nc1NCC12CC3C[C@H](C1)C(NCC1CCC(O)CC1)[C@@H](C3)C2. The van der Waals surface area contributed by atoms with E-state index in [0.29, 0.717) is 35.8 Å². The highest BCUT2D eigenvalue weighted by atomic mass is 16.3. The van der Waals surface area contributed by atoms with Crippen molar-refractivity contribution in [3.8, 4) is 11.8 Å². The third-order valence-electron chi connectivity index (χ3n) is 9.83. The zero-order chi connectivity index (χ0) is 26.1. The minimum absolute atomic E-state index is 0.0830. The van der Waals surface area contributed by atoms with Crippen molar-refractivity contribution in [1.82, 2.24) is 15.3 Å². The molecule has 1 aromatic carbocycles. The van der Waals surface area contributed by atoms with E-state index in [1.165, 1.54) is 32.1 Å². The normalized spacial score (nSPS) is 33.6. The number of aromatic nitrogens is 2. The predicted octanol–water partition coefficient (Wildman–Crippen LogP) is 4.41. The van der Waals surface area contributed by atoms with Crippen LogP contribution in [0.5, 0.6) is 5.75 Å². The Labute approximate surface area is 225 Å². The number of nitriles is 1. The lowest BCUT2D eigenvalue weighted by molar-refractivity contribution is -0.0705. The van der Waals surface area contributed by atoms with Crippen LogP contribution in [-0.2, 0) is 6.54 Å². The zero-order valence-electron chi connectivity index (χ0n) is 22.1. The number of phenolic OH excluding ortho intramolecular Hbond substituents is 1. The van der Waals surface area contributed by atoms with Gasteiger partial charge in [0.25, 0.3) is 0 Å². The van der Waals surface area contributed by atoms with E-state index >= 15 is 0 Å². The molecule has 2 aromatic rings. The monoisotopic (exact) mass is 516 g/mol. The average Bonchev–Trinajstić information content (AvgIpc) is 2.92. The lowest BCUT2D eigenvalue weighted by atomic mass is 9.48. The van der Waals surface area contributed by atoms with E-state index in [2.05, 4.69) is 32.0 Å². The molecule has 3 unspecified atom stereocenters. The summed E-state index contributed by atoms with van der Waals surface area (Å²) >= 11 is 0. The Balaban J connectivity index is 1.08. The topological polar surface area (TPSA) is 126 Å². The molecule has 5 aliphatic rings. The summed E-state index contributed by atoms with van der Waals surface area (Å²) in [4.78, 5) is 8.95. The molecule has 4 bridgehead atoms. The Kier molecular flexibility index (Phi) is 7.15. The van der Waals surface area contributed by atoms with Crippen LogP contribution in [0.25, 0.3) is 0 Å². The molecule has 5 N–H and O–H groups in total. The number of hydrogen-bond donors (Lipinski definition) is 5. The van der Waals surface area contributed by atoms with Gasteiger partial charge in [-0.2, -0.15) is 10.2 Å². The minimum atomic E-state index is -0.0830. The fourth-order valence-electron chi connectivity index (χ4n) is 8.18. The van der Waals surface area contributed by atoms with Crippen molar-refractivity contribution in [3.63, 3.8) is 0 Å². The van der Waals surface area contributed by atoms with E-state index in [4.69, 9.17) is 0 Å². The van der Waals surface area contributed by atoms with Gasteiger partial charge in [0.15, 0.2) is 0 Å². The molecular weight excluding hydrogens is 476 g/mol. The maximum absolute atomic E-state index is 10.0. The fraction of sp³-hybridized carbons (Fsp3) is 0.633. The molecule has 8 heteroatoms. The van der Waals surface area contributed by atoms with Gasteiger partial charge in [0, 0.05) is 24.7 Å². The lowest BCUT2D eigenvalue weighted by Crippen LogP contribution is -2.60. The third-order valence-corrected chi connectivity index (χ3v) is 9.83. The largest absolute Gasteiger partial charge is 0.508 e. The Morgan fingerprint density at radius 2 is 1.79 bits per heavy atom. The molecule has 5 saturated carbocycles. The van der Waals surface area contributed by atoms with Crippen molar-refractivity contribution >= 4 is 11.8 Å². The first-order valence-electron chi connectivity index (χ1n) is 14.4. The molecule has 5 atom stereocenters. The first-order valence-corrected chi connectivity index (χ1v) is 14.4. The molecule has 5 fully saturated rings. The molecule has 0 radical (unpaired) electrons. The highest BCUT2D eigenvalue weighted by molar-refractivity contribution is 5.53. The Morgan fingerprint density at radius 3 is 2.53 bits per heavy atom. The standard InChI is InChI=1S/C30H40N6O2/c31-14-24-17-34-29(33-16-21-3-1-2-4-26(21)38)36-28(24)35-18-30-11-20-9-22(12-30)27(23(10-20)13-30)32-15-19-5-7-25(37)8-6-19/h1-4,17,19-20,22-23,25,27,32,37-38H,5-13,15-16,18H2,(H2,33,34,35,36)/t19?,20?,22-,23+,25?,27?,30?. The maximum Gasteiger partial charge on any atom is 0.224 e. The molecule has 1 aromatic heterocycles. The molecule has 38 heavy (non-hydrogen) atoms. The molecule has 0 amide bonds. The van der Waals surface area contributed by atoms with Gasteiger partial charge in [0.2, 0.25) is 5.95 Å². The van der Waals surface area contributed by atoms with Gasteiger partial charge in [-0.15, -0.1) is 0 Å². The Bertz CT molecular complexity index is 1160. The number of benzene rings is 1. The molecule has 0 aliphatic heterocycles. The first-order chi connectivity index (χ1) is 18.5. The van der Waals surface area contributed by atoms with Gasteiger partial charge >= 0.3 is 0 Å². The van der Waals surface area contributed by atoms with Crippen molar-refractivity contribution in [2.45, 2.75) is 76.5 Å². The molecule has 7 rings (SSSR count). The van der Waals surface area contributed by atoms with Gasteiger partial charge in [0.1, 0.15) is 23.2 Å². The quantitative estimate of drug-likeness (QED) is 0.332. The summed E-state index contributed by atoms with van der Waals surface area (Å²) in [5.41, 5.74) is 1.50. The molecular formula is C30H40N6O2. The number of aliphatic hydroxyl groups is 1. The first kappa shape index (κ1) is 25.4. The summed E-state index contributed by atoms with van der Waals surface area (Å²) in [7, 11) is 0. The number of hydrogen-bond acceptors (Lipinski definition) is 8. The van der Waals surface area contributed by atoms with Gasteiger partial charge in [-0.3, -0.25) is 0 Å². The van der Waals surface area contributed by atoms with Crippen LogP contribution in [-0.4, -0.2) is 45.4 Å². The zero-order valence-corrected chi connectivity index (χ0v) is 22.1. The second-order valence-corrected chi connectivity index (χ2v) is 12.5. The van der Waals surface area contributed by atoms with Crippen molar-refractivity contribution in [3.05, 3.63) is 41.6 Å². The number of rotatable bonds is 9. The van der Waals surface area contributed by atoms with Gasteiger partial charge < -0.3 is 26.2 Å². The Morgan fingerprint density at radius 1 is 1.03 bits per heavy atom. The van der Waals surface area contributed by atoms with Crippen molar-refractivity contribution in [1.29, 1.82) is 5.26 Å². The van der Waals surface area contributed by atoms with Gasteiger partial charge in [0.05, 0.1) is 12.3 Å². The molecule has 1 heterocycles. The number of para-hydroxylation sites is 1. The maximum atomic E-state index is 10.0. The van der Waals surface area contributed by atoms with E-state index in [-0.39, 0.29) is 17.3 Å². The highest BCUT2D eigenvalue weighted by Gasteiger charge is 2.55. The summed E-state index contributed by atoms with van der Waals surface area (Å²) < 4.78 is 0. The molecule has 0 saturated heterocycles. The molecule has 202 valence electrons. The fourth-order valence-corrected chi connectivity index (χ4v) is 8.18. The molecule has 0 spiro atoms. The minimum Gasteiger partial charge on any atom is -0.508 e. The number of phenols is 1. The van der Waals surface area contributed by atoms with Gasteiger partial charge in [-0.25, -0.2) is 4.98 Å². The van der Waals surface area contributed by atoms with E-state index in [9.17, 15) is 15.5 Å². The van der Waals surface area contributed by atoms with Crippen molar-refractivity contribution in [2.24, 2.45) is 29.1 Å². The van der Waals surface area contributed by atoms with Crippen LogP contribution in [0.3, 0.4) is 0 Å². The Hall–Kier alpha value is -2.89. The van der Waals surface area contributed by atoms with Gasteiger partial charge in [-0.05, 0) is 99.5 Å². The number of nitrogens with one attached hydrogen (secondary N) is 3. The second kappa shape index (κ2) is 10.7. The van der Waals surface area contributed by atoms with Crippen LogP contribution < -0.4 is 16.0 Å². The summed E-state index contributed by atoms with van der Waals surface area (Å²) in [5, 5.41) is 40.3. The van der Waals surface area contributed by atoms with Crippen LogP contribution in [0, 0.1) is 40.4 Å². The third kappa shape index (κ3) is 5.32. The van der Waals surface area contributed by atoms with E-state index in [0.717, 1.165) is 62.1 Å². The van der Waals surface area contributed by atoms with Crippen LogP contribution in [0.1, 0.15) is 68.9 Å². The summed E-state index contributed by atoms with van der Waals surface area (Å²) in [6.07, 6.45) is 12.1. The van der Waals surface area contributed by atoms with Crippen molar-refractivity contribution < 1.29 is 10.2 Å². The van der Waals surface area contributed by atoms with Crippen molar-refractivity contribution in [2.75, 3.05) is 23.7 Å². The van der Waals surface area contributed by atoms with Gasteiger partial charge in [-0.1, -0.05) is 18.2 Å². The van der Waals surface area contributed by atoms with Crippen LogP contribution in [0.4, 0.5) is 11.8 Å². The predicted molar refractivity (Wildman–Crippen MR) is 146 cm³/mol.